The third-order valence-corrected chi connectivity index (χ3v) is 14.1. The molecular weight excluding hydrogens is 659 g/mol. The summed E-state index contributed by atoms with van der Waals surface area (Å²) in [5, 5.41) is 1.64. The van der Waals surface area contributed by atoms with E-state index in [0.717, 1.165) is 57.0 Å². The van der Waals surface area contributed by atoms with E-state index in [1.54, 1.807) is 0 Å². The maximum absolute atomic E-state index is 15.3. The van der Waals surface area contributed by atoms with Crippen LogP contribution in [0.2, 0.25) is 0 Å². The van der Waals surface area contributed by atoms with Crippen LogP contribution in [-0.2, 0) is 10.8 Å². The highest BCUT2D eigenvalue weighted by molar-refractivity contribution is 7.58. The summed E-state index contributed by atoms with van der Waals surface area (Å²) in [7, 11) is -3.66. The highest BCUT2D eigenvalue weighted by Gasteiger charge is 2.48. The summed E-state index contributed by atoms with van der Waals surface area (Å²) in [5.74, 6) is 0. The van der Waals surface area contributed by atoms with Gasteiger partial charge in [-0.2, -0.15) is 13.2 Å². The van der Waals surface area contributed by atoms with E-state index in [9.17, 15) is 0 Å². The number of fused-ring (bicyclic) bond motifs is 3. The molecule has 0 amide bonds. The summed E-state index contributed by atoms with van der Waals surface area (Å²) in [6, 6.07) is 28.3. The molecule has 1 aliphatic heterocycles. The van der Waals surface area contributed by atoms with Crippen molar-refractivity contribution in [3.63, 3.8) is 0 Å². The Hall–Kier alpha value is -3.04. The van der Waals surface area contributed by atoms with E-state index >= 15 is 13.2 Å². The number of benzene rings is 4. The molecule has 8 heteroatoms. The van der Waals surface area contributed by atoms with Crippen molar-refractivity contribution in [1.82, 2.24) is 0 Å². The molecule has 0 N–H and O–H groups in total. The van der Waals surface area contributed by atoms with Crippen LogP contribution in [0, 0.1) is 13.8 Å². The first-order chi connectivity index (χ1) is 23.0. The molecule has 5 aromatic rings. The highest BCUT2D eigenvalue weighted by atomic mass is 31.1. The minimum atomic E-state index is -4.62. The molecule has 49 heavy (non-hydrogen) atoms. The Bertz CT molecular complexity index is 1840. The molecule has 1 fully saturated rings. The van der Waals surface area contributed by atoms with Gasteiger partial charge >= 0.3 is 14.4 Å². The third kappa shape index (κ3) is 7.68. The van der Waals surface area contributed by atoms with Gasteiger partial charge in [0.25, 0.3) is 0 Å². The van der Waals surface area contributed by atoms with Gasteiger partial charge in [-0.15, -0.1) is 0 Å². The van der Waals surface area contributed by atoms with Gasteiger partial charge in [-0.25, -0.2) is 0 Å². The van der Waals surface area contributed by atoms with Crippen molar-refractivity contribution in [1.29, 1.82) is 0 Å². The molecule has 0 radical (unpaired) electrons. The molecule has 3 atom stereocenters. The van der Waals surface area contributed by atoms with Gasteiger partial charge in [-0.05, 0) is 71.9 Å². The van der Waals surface area contributed by atoms with Crippen LogP contribution in [0.1, 0.15) is 99.1 Å². The van der Waals surface area contributed by atoms with E-state index in [1.807, 2.05) is 50.2 Å². The van der Waals surface area contributed by atoms with Crippen molar-refractivity contribution in [2.45, 2.75) is 103 Å². The van der Waals surface area contributed by atoms with Crippen LogP contribution < -0.4 is 4.52 Å². The molecular formula is C41H47F3O3P2. The number of hydrogen-bond acceptors (Lipinski definition) is 3. The maximum Gasteiger partial charge on any atom is 0.416 e. The van der Waals surface area contributed by atoms with E-state index < -0.39 is 28.4 Å². The molecule has 0 bridgehead atoms. The Labute approximate surface area is 290 Å². The van der Waals surface area contributed by atoms with Crippen molar-refractivity contribution in [2.75, 3.05) is 6.16 Å². The molecule has 6 rings (SSSR count). The summed E-state index contributed by atoms with van der Waals surface area (Å²) in [5.41, 5.74) is 6.53. The van der Waals surface area contributed by atoms with Gasteiger partial charge in [0, 0.05) is 39.4 Å². The van der Waals surface area contributed by atoms with Crippen molar-refractivity contribution >= 4 is 38.1 Å². The Morgan fingerprint density at radius 3 is 1.45 bits per heavy atom. The van der Waals surface area contributed by atoms with Gasteiger partial charge < -0.3 is 8.39 Å². The minimum absolute atomic E-state index is 0.0333. The second-order valence-electron chi connectivity index (χ2n) is 15.5. The number of rotatable bonds is 6. The van der Waals surface area contributed by atoms with Crippen LogP contribution in [0.25, 0.3) is 21.9 Å². The monoisotopic (exact) mass is 706 g/mol. The molecule has 260 valence electrons. The summed E-state index contributed by atoms with van der Waals surface area (Å²) in [6.07, 6.45) is -5.14. The lowest BCUT2D eigenvalue weighted by molar-refractivity contribution is -0.179. The zero-order valence-corrected chi connectivity index (χ0v) is 31.5. The van der Waals surface area contributed by atoms with Crippen molar-refractivity contribution in [3.05, 3.63) is 118 Å². The molecule has 1 aliphatic rings. The van der Waals surface area contributed by atoms with Crippen LogP contribution in [0.15, 0.2) is 93.3 Å². The van der Waals surface area contributed by atoms with E-state index in [1.165, 1.54) is 0 Å². The maximum atomic E-state index is 15.3. The predicted molar refractivity (Wildman–Crippen MR) is 199 cm³/mol. The lowest BCUT2D eigenvalue weighted by Gasteiger charge is -2.30. The largest absolute Gasteiger partial charge is 0.416 e. The van der Waals surface area contributed by atoms with Crippen molar-refractivity contribution in [2.24, 2.45) is 0 Å². The standard InChI is InChI=1S/C41H47F3O3P2/c1-26-21-30-31-22-27(2)24-33(40(6,7)8)38(31)47-49(46-37(30)32(23-26)39(3,4)5)45-36(41(42,43)44)25-48-34(28-15-11-9-12-16-28)19-20-35(48)29-17-13-10-14-18-29/h9-18,21-24,34-36H,19-20,25H2,1-8H3/t34-,35-,36?/m1/s1. The summed E-state index contributed by atoms with van der Waals surface area (Å²) >= 11 is 0. The van der Waals surface area contributed by atoms with Crippen molar-refractivity contribution in [3.8, 4) is 0 Å². The van der Waals surface area contributed by atoms with E-state index in [-0.39, 0.29) is 28.3 Å². The quantitative estimate of drug-likeness (QED) is 0.165. The normalized spacial score (nSPS) is 18.3. The van der Waals surface area contributed by atoms with Crippen LogP contribution in [0.3, 0.4) is 0 Å². The van der Waals surface area contributed by atoms with Crippen LogP contribution >= 0.6 is 16.2 Å². The SMILES string of the molecule is Cc1cc(C(C)(C)C)c2op(OC(CP3[C@@H](c4ccccc4)CC[C@@H]3c3ccccc3)C(F)(F)F)oc3c(C(C)(C)C)cc(C)cc3c2c1. The average molecular weight is 707 g/mol. The summed E-state index contributed by atoms with van der Waals surface area (Å²) in [4.78, 5) is 0. The molecule has 1 saturated heterocycles. The van der Waals surface area contributed by atoms with Gasteiger partial charge in [-0.1, -0.05) is 122 Å². The number of alkyl halides is 3. The fourth-order valence-corrected chi connectivity index (χ4v) is 12.2. The first-order valence-corrected chi connectivity index (χ1v) is 19.8. The Balaban J connectivity index is 1.55. The van der Waals surface area contributed by atoms with Crippen molar-refractivity contribution < 1.29 is 26.1 Å². The molecule has 3 nitrogen and oxygen atoms in total. The Kier molecular flexibility index (Phi) is 9.92. The minimum Gasteiger partial charge on any atom is -0.399 e. The average Bonchev–Trinajstić information content (AvgIpc) is 3.38. The lowest BCUT2D eigenvalue weighted by atomic mass is 9.83. The number of halogens is 3. The van der Waals surface area contributed by atoms with Crippen LogP contribution in [0.4, 0.5) is 13.2 Å². The van der Waals surface area contributed by atoms with Crippen LogP contribution in [0.5, 0.6) is 0 Å². The first-order valence-electron chi connectivity index (χ1n) is 17.1. The fourth-order valence-electron chi connectivity index (χ4n) is 7.15. The second-order valence-corrected chi connectivity index (χ2v) is 19.2. The van der Waals surface area contributed by atoms with Gasteiger partial charge in [0.15, 0.2) is 6.10 Å². The molecule has 1 unspecified atom stereocenters. The molecule has 2 heterocycles. The number of hydrogen-bond donors (Lipinski definition) is 0. The first kappa shape index (κ1) is 35.8. The molecule has 1 aromatic heterocycles. The van der Waals surface area contributed by atoms with Gasteiger partial charge in [-0.3, -0.25) is 4.52 Å². The number of aryl methyl sites for hydroxylation is 2. The zero-order chi connectivity index (χ0) is 35.3. The Morgan fingerprint density at radius 1 is 0.673 bits per heavy atom. The second kappa shape index (κ2) is 13.6. The van der Waals surface area contributed by atoms with E-state index in [0.29, 0.717) is 11.2 Å². The highest BCUT2D eigenvalue weighted by Crippen LogP contribution is 2.71. The smallest absolute Gasteiger partial charge is 0.399 e. The lowest BCUT2D eigenvalue weighted by Crippen LogP contribution is -2.36. The van der Waals surface area contributed by atoms with E-state index in [2.05, 4.69) is 90.1 Å². The van der Waals surface area contributed by atoms with E-state index in [4.69, 9.17) is 12.9 Å². The molecule has 0 saturated carbocycles. The topological polar surface area (TPSA) is 35.5 Å². The van der Waals surface area contributed by atoms with Gasteiger partial charge in [0.1, 0.15) is 11.2 Å². The molecule has 4 aromatic carbocycles. The summed E-state index contributed by atoms with van der Waals surface area (Å²) in [6.45, 7) is 16.6. The van der Waals surface area contributed by atoms with Gasteiger partial charge in [0.2, 0.25) is 0 Å². The fraction of sp³-hybridized carbons (Fsp3) is 0.415. The Morgan fingerprint density at radius 2 is 1.08 bits per heavy atom. The zero-order valence-electron chi connectivity index (χ0n) is 29.7. The van der Waals surface area contributed by atoms with Gasteiger partial charge in [0.05, 0.1) is 0 Å². The third-order valence-electron chi connectivity index (χ3n) is 9.54. The predicted octanol–water partition coefficient (Wildman–Crippen LogP) is 13.6. The molecule has 0 spiro atoms. The molecule has 0 aliphatic carbocycles. The summed E-state index contributed by atoms with van der Waals surface area (Å²) < 4.78 is 65.3. The van der Waals surface area contributed by atoms with Crippen LogP contribution in [-0.4, -0.2) is 18.4 Å².